The summed E-state index contributed by atoms with van der Waals surface area (Å²) in [4.78, 5) is 6.84. The van der Waals surface area contributed by atoms with Crippen molar-refractivity contribution in [1.82, 2.24) is 4.98 Å². The van der Waals surface area contributed by atoms with Crippen LogP contribution < -0.4 is 9.64 Å². The molecule has 0 aliphatic rings. The first-order valence-corrected chi connectivity index (χ1v) is 8.18. The van der Waals surface area contributed by atoms with E-state index in [0.717, 1.165) is 31.1 Å². The minimum absolute atomic E-state index is 0.855. The monoisotopic (exact) mass is 318 g/mol. The Morgan fingerprint density at radius 2 is 1.58 bits per heavy atom. The molecule has 1 aromatic heterocycles. The summed E-state index contributed by atoms with van der Waals surface area (Å²) in [5, 5.41) is 0. The molecular formula is C21H22N2O. The summed E-state index contributed by atoms with van der Waals surface area (Å²) in [6, 6.07) is 24.8. The van der Waals surface area contributed by atoms with E-state index in [2.05, 4.69) is 52.3 Å². The van der Waals surface area contributed by atoms with E-state index in [4.69, 9.17) is 4.74 Å². The van der Waals surface area contributed by atoms with Gasteiger partial charge in [0.25, 0.3) is 0 Å². The predicted octanol–water partition coefficient (Wildman–Crippen LogP) is 4.34. The number of aromatic nitrogens is 1. The molecule has 2 aromatic carbocycles. The van der Waals surface area contributed by atoms with E-state index in [9.17, 15) is 0 Å². The Kier molecular flexibility index (Phi) is 5.46. The van der Waals surface area contributed by atoms with Crippen molar-refractivity contribution in [3.05, 3.63) is 90.1 Å². The molecule has 0 aliphatic carbocycles. The first kappa shape index (κ1) is 16.1. The summed E-state index contributed by atoms with van der Waals surface area (Å²) in [5.41, 5.74) is 2.59. The first-order valence-electron chi connectivity index (χ1n) is 8.18. The number of rotatable bonds is 7. The highest BCUT2D eigenvalue weighted by Gasteiger charge is 2.09. The Morgan fingerprint density at radius 3 is 2.25 bits per heavy atom. The normalized spacial score (nSPS) is 10.4. The lowest BCUT2D eigenvalue weighted by molar-refractivity contribution is 0.414. The van der Waals surface area contributed by atoms with Crippen LogP contribution in [0, 0.1) is 0 Å². The fourth-order valence-electron chi connectivity index (χ4n) is 2.68. The molecule has 0 atom stereocenters. The molecule has 0 saturated carbocycles. The number of hydrogen-bond donors (Lipinski definition) is 0. The van der Waals surface area contributed by atoms with Crippen LogP contribution in [0.3, 0.4) is 0 Å². The van der Waals surface area contributed by atoms with Gasteiger partial charge in [0.05, 0.1) is 7.11 Å². The molecule has 3 rings (SSSR count). The Hall–Kier alpha value is -2.81. The molecule has 0 N–H and O–H groups in total. The lowest BCUT2D eigenvalue weighted by Crippen LogP contribution is -2.26. The highest BCUT2D eigenvalue weighted by Crippen LogP contribution is 2.16. The SMILES string of the molecule is COc1ccc(CCN(Cc2ccccc2)c2ccccn2)cc1. The van der Waals surface area contributed by atoms with Gasteiger partial charge in [0.1, 0.15) is 11.6 Å². The zero-order chi connectivity index (χ0) is 16.6. The third-order valence-corrected chi connectivity index (χ3v) is 4.02. The molecule has 0 bridgehead atoms. The van der Waals surface area contributed by atoms with Crippen molar-refractivity contribution >= 4 is 5.82 Å². The topological polar surface area (TPSA) is 25.4 Å². The van der Waals surface area contributed by atoms with E-state index >= 15 is 0 Å². The number of nitrogens with zero attached hydrogens (tertiary/aromatic N) is 2. The zero-order valence-corrected chi connectivity index (χ0v) is 13.9. The number of pyridine rings is 1. The number of ether oxygens (including phenoxy) is 1. The molecule has 0 aliphatic heterocycles. The molecule has 24 heavy (non-hydrogen) atoms. The van der Waals surface area contributed by atoms with Crippen molar-refractivity contribution in [3.63, 3.8) is 0 Å². The average Bonchev–Trinajstić information content (AvgIpc) is 2.67. The van der Waals surface area contributed by atoms with Crippen molar-refractivity contribution in [2.45, 2.75) is 13.0 Å². The summed E-state index contributed by atoms with van der Waals surface area (Å²) >= 11 is 0. The van der Waals surface area contributed by atoms with E-state index in [1.165, 1.54) is 11.1 Å². The van der Waals surface area contributed by atoms with Gasteiger partial charge in [-0.1, -0.05) is 48.5 Å². The molecule has 0 radical (unpaired) electrons. The van der Waals surface area contributed by atoms with Crippen molar-refractivity contribution in [1.29, 1.82) is 0 Å². The summed E-state index contributed by atoms with van der Waals surface area (Å²) in [6.07, 6.45) is 2.81. The Balaban J connectivity index is 1.72. The van der Waals surface area contributed by atoms with Crippen LogP contribution in [0.25, 0.3) is 0 Å². The fraction of sp³-hybridized carbons (Fsp3) is 0.190. The third kappa shape index (κ3) is 4.35. The Morgan fingerprint density at radius 1 is 0.833 bits per heavy atom. The van der Waals surface area contributed by atoms with Crippen LogP contribution >= 0.6 is 0 Å². The average molecular weight is 318 g/mol. The first-order chi connectivity index (χ1) is 11.8. The van der Waals surface area contributed by atoms with Crippen molar-refractivity contribution in [2.75, 3.05) is 18.6 Å². The van der Waals surface area contributed by atoms with Crippen LogP contribution in [0.5, 0.6) is 5.75 Å². The van der Waals surface area contributed by atoms with Gasteiger partial charge in [-0.05, 0) is 41.8 Å². The van der Waals surface area contributed by atoms with Gasteiger partial charge in [-0.3, -0.25) is 0 Å². The lowest BCUT2D eigenvalue weighted by atomic mass is 10.1. The van der Waals surface area contributed by atoms with Gasteiger partial charge in [-0.25, -0.2) is 4.98 Å². The molecule has 0 spiro atoms. The zero-order valence-electron chi connectivity index (χ0n) is 13.9. The molecule has 0 saturated heterocycles. The summed E-state index contributed by atoms with van der Waals surface area (Å²) < 4.78 is 5.22. The van der Waals surface area contributed by atoms with E-state index in [1.807, 2.05) is 36.5 Å². The highest BCUT2D eigenvalue weighted by atomic mass is 16.5. The van der Waals surface area contributed by atoms with Gasteiger partial charge < -0.3 is 9.64 Å². The quantitative estimate of drug-likeness (QED) is 0.648. The van der Waals surface area contributed by atoms with Crippen molar-refractivity contribution in [3.8, 4) is 5.75 Å². The van der Waals surface area contributed by atoms with Crippen LogP contribution in [0.4, 0.5) is 5.82 Å². The highest BCUT2D eigenvalue weighted by molar-refractivity contribution is 5.39. The summed E-state index contributed by atoms with van der Waals surface area (Å²) in [6.45, 7) is 1.77. The molecule has 3 aromatic rings. The Labute approximate surface area is 143 Å². The lowest BCUT2D eigenvalue weighted by Gasteiger charge is -2.24. The number of benzene rings is 2. The number of methoxy groups -OCH3 is 1. The molecule has 0 fully saturated rings. The van der Waals surface area contributed by atoms with Gasteiger partial charge in [-0.15, -0.1) is 0 Å². The van der Waals surface area contributed by atoms with Gasteiger partial charge in [0, 0.05) is 19.3 Å². The predicted molar refractivity (Wildman–Crippen MR) is 98.4 cm³/mol. The van der Waals surface area contributed by atoms with Crippen LogP contribution in [-0.4, -0.2) is 18.6 Å². The summed E-state index contributed by atoms with van der Waals surface area (Å²) in [7, 11) is 1.69. The van der Waals surface area contributed by atoms with E-state index < -0.39 is 0 Å². The molecule has 3 nitrogen and oxygen atoms in total. The van der Waals surface area contributed by atoms with Crippen molar-refractivity contribution in [2.24, 2.45) is 0 Å². The maximum atomic E-state index is 5.22. The standard InChI is InChI=1S/C21H22N2O/c1-24-20-12-10-18(11-13-20)14-16-23(21-9-5-6-15-22-21)17-19-7-3-2-4-8-19/h2-13,15H,14,16-17H2,1H3. The van der Waals surface area contributed by atoms with Gasteiger partial charge >= 0.3 is 0 Å². The van der Waals surface area contributed by atoms with E-state index in [1.54, 1.807) is 7.11 Å². The van der Waals surface area contributed by atoms with Crippen LogP contribution in [-0.2, 0) is 13.0 Å². The second-order valence-electron chi connectivity index (χ2n) is 5.69. The Bertz CT molecular complexity index is 727. The molecule has 1 heterocycles. The molecular weight excluding hydrogens is 296 g/mol. The minimum Gasteiger partial charge on any atom is -0.497 e. The van der Waals surface area contributed by atoms with E-state index in [-0.39, 0.29) is 0 Å². The van der Waals surface area contributed by atoms with Crippen LogP contribution in [0.1, 0.15) is 11.1 Å². The second-order valence-corrected chi connectivity index (χ2v) is 5.69. The molecule has 122 valence electrons. The van der Waals surface area contributed by atoms with Crippen molar-refractivity contribution < 1.29 is 4.74 Å². The van der Waals surface area contributed by atoms with Gasteiger partial charge in [0.2, 0.25) is 0 Å². The molecule has 3 heteroatoms. The third-order valence-electron chi connectivity index (χ3n) is 4.02. The number of anilines is 1. The smallest absolute Gasteiger partial charge is 0.128 e. The molecule has 0 unspecified atom stereocenters. The maximum absolute atomic E-state index is 5.22. The maximum Gasteiger partial charge on any atom is 0.128 e. The second kappa shape index (κ2) is 8.16. The van der Waals surface area contributed by atoms with E-state index in [0.29, 0.717) is 0 Å². The van der Waals surface area contributed by atoms with Gasteiger partial charge in [-0.2, -0.15) is 0 Å². The largest absolute Gasteiger partial charge is 0.497 e. The molecule has 0 amide bonds. The summed E-state index contributed by atoms with van der Waals surface area (Å²) in [5.74, 6) is 1.90. The fourth-order valence-corrected chi connectivity index (χ4v) is 2.68. The minimum atomic E-state index is 0.855. The van der Waals surface area contributed by atoms with Gasteiger partial charge in [0.15, 0.2) is 0 Å². The van der Waals surface area contributed by atoms with Crippen LogP contribution in [0.2, 0.25) is 0 Å². The number of hydrogen-bond acceptors (Lipinski definition) is 3. The van der Waals surface area contributed by atoms with Crippen LogP contribution in [0.15, 0.2) is 79.0 Å².